The highest BCUT2D eigenvalue weighted by Crippen LogP contribution is 2.36. The van der Waals surface area contributed by atoms with Gasteiger partial charge in [-0.1, -0.05) is 6.92 Å². The second-order valence-electron chi connectivity index (χ2n) is 7.55. The van der Waals surface area contributed by atoms with E-state index in [1.807, 2.05) is 27.0 Å². The molecule has 1 fully saturated rings. The minimum Gasteiger partial charge on any atom is -0.446 e. The standard InChI is InChI=1S/C19H26N8O2/c1-4-11(2)23-19(28)29-13-6-5-12(7-13)14-8-16(26-25-14)24-18-17-15(20-10-21-18)9-22-27(17)3/h8-13H,4-7H2,1-3H3,(H,23,28)(H2,20,21,24,25,26). The summed E-state index contributed by atoms with van der Waals surface area (Å²) >= 11 is 0. The first-order valence-corrected chi connectivity index (χ1v) is 9.95. The molecule has 1 saturated carbocycles. The van der Waals surface area contributed by atoms with Crippen molar-refractivity contribution in [3.63, 3.8) is 0 Å². The minimum absolute atomic E-state index is 0.0697. The molecule has 3 atom stereocenters. The van der Waals surface area contributed by atoms with E-state index in [9.17, 15) is 4.79 Å². The van der Waals surface area contributed by atoms with Crippen LogP contribution in [0.2, 0.25) is 0 Å². The number of amides is 1. The zero-order chi connectivity index (χ0) is 20.4. The number of carbonyl (C=O) groups is 1. The van der Waals surface area contributed by atoms with Crippen LogP contribution in [0.1, 0.15) is 51.1 Å². The number of alkyl carbamates (subject to hydrolysis) is 1. The van der Waals surface area contributed by atoms with Gasteiger partial charge in [-0.25, -0.2) is 14.8 Å². The number of rotatable bonds is 6. The Bertz CT molecular complexity index is 997. The summed E-state index contributed by atoms with van der Waals surface area (Å²) in [6.45, 7) is 4.00. The van der Waals surface area contributed by atoms with Crippen molar-refractivity contribution < 1.29 is 9.53 Å². The van der Waals surface area contributed by atoms with Crippen molar-refractivity contribution in [2.75, 3.05) is 5.32 Å². The molecule has 3 aromatic heterocycles. The number of anilines is 2. The number of nitrogens with zero attached hydrogens (tertiary/aromatic N) is 5. The second-order valence-corrected chi connectivity index (χ2v) is 7.55. The van der Waals surface area contributed by atoms with Gasteiger partial charge in [-0.3, -0.25) is 9.78 Å². The largest absolute Gasteiger partial charge is 0.446 e. The van der Waals surface area contributed by atoms with Crippen molar-refractivity contribution in [1.82, 2.24) is 35.3 Å². The molecule has 10 heteroatoms. The Morgan fingerprint density at radius 1 is 1.41 bits per heavy atom. The lowest BCUT2D eigenvalue weighted by Gasteiger charge is -2.16. The minimum atomic E-state index is -0.332. The van der Waals surface area contributed by atoms with Gasteiger partial charge in [0.25, 0.3) is 0 Å². The number of nitrogens with one attached hydrogen (secondary N) is 3. The molecule has 10 nitrogen and oxygen atoms in total. The number of aryl methyl sites for hydroxylation is 1. The van der Waals surface area contributed by atoms with Crippen molar-refractivity contribution >= 4 is 28.8 Å². The molecule has 1 aliphatic carbocycles. The van der Waals surface area contributed by atoms with Gasteiger partial charge in [-0.15, -0.1) is 0 Å². The quantitative estimate of drug-likeness (QED) is 0.583. The summed E-state index contributed by atoms with van der Waals surface area (Å²) in [7, 11) is 1.85. The summed E-state index contributed by atoms with van der Waals surface area (Å²) in [5.41, 5.74) is 2.61. The first kappa shape index (κ1) is 19.2. The van der Waals surface area contributed by atoms with Crippen LogP contribution in [-0.4, -0.2) is 48.2 Å². The molecule has 1 amide bonds. The van der Waals surface area contributed by atoms with E-state index in [4.69, 9.17) is 4.74 Å². The van der Waals surface area contributed by atoms with Gasteiger partial charge in [0.1, 0.15) is 23.5 Å². The van der Waals surface area contributed by atoms with E-state index < -0.39 is 0 Å². The van der Waals surface area contributed by atoms with Crippen LogP contribution in [0.5, 0.6) is 0 Å². The summed E-state index contributed by atoms with van der Waals surface area (Å²) in [5, 5.41) is 17.8. The number of fused-ring (bicyclic) bond motifs is 1. The number of hydrogen-bond donors (Lipinski definition) is 3. The highest BCUT2D eigenvalue weighted by atomic mass is 16.6. The van der Waals surface area contributed by atoms with Crippen molar-refractivity contribution in [3.8, 4) is 0 Å². The summed E-state index contributed by atoms with van der Waals surface area (Å²) in [4.78, 5) is 20.5. The van der Waals surface area contributed by atoms with E-state index in [-0.39, 0.29) is 24.2 Å². The maximum absolute atomic E-state index is 11.9. The Morgan fingerprint density at radius 2 is 2.28 bits per heavy atom. The van der Waals surface area contributed by atoms with E-state index >= 15 is 0 Å². The summed E-state index contributed by atoms with van der Waals surface area (Å²) in [6, 6.07) is 2.10. The second kappa shape index (κ2) is 8.06. The van der Waals surface area contributed by atoms with Gasteiger partial charge >= 0.3 is 6.09 Å². The van der Waals surface area contributed by atoms with Gasteiger partial charge in [0.05, 0.1) is 6.20 Å². The smallest absolute Gasteiger partial charge is 0.407 e. The van der Waals surface area contributed by atoms with Crippen LogP contribution in [0.25, 0.3) is 11.0 Å². The lowest BCUT2D eigenvalue weighted by atomic mass is 10.0. The average molecular weight is 398 g/mol. The fourth-order valence-electron chi connectivity index (χ4n) is 3.65. The molecule has 3 aromatic rings. The highest BCUT2D eigenvalue weighted by Gasteiger charge is 2.30. The molecule has 154 valence electrons. The van der Waals surface area contributed by atoms with Gasteiger partial charge in [-0.05, 0) is 32.6 Å². The summed E-state index contributed by atoms with van der Waals surface area (Å²) < 4.78 is 7.29. The monoisotopic (exact) mass is 398 g/mol. The normalized spacial score (nSPS) is 20.0. The third-order valence-corrected chi connectivity index (χ3v) is 5.45. The van der Waals surface area contributed by atoms with Crippen LogP contribution >= 0.6 is 0 Å². The maximum Gasteiger partial charge on any atom is 0.407 e. The van der Waals surface area contributed by atoms with E-state index in [0.717, 1.165) is 42.4 Å². The average Bonchev–Trinajstić information content (AvgIpc) is 3.43. The highest BCUT2D eigenvalue weighted by molar-refractivity contribution is 5.86. The Kier molecular flexibility index (Phi) is 5.32. The van der Waals surface area contributed by atoms with Gasteiger partial charge < -0.3 is 15.4 Å². The number of hydrogen-bond acceptors (Lipinski definition) is 7. The molecule has 0 saturated heterocycles. The van der Waals surface area contributed by atoms with E-state index in [2.05, 4.69) is 35.9 Å². The molecular weight excluding hydrogens is 372 g/mol. The summed E-state index contributed by atoms with van der Waals surface area (Å²) in [6.07, 6.45) is 6.27. The SMILES string of the molecule is CCC(C)NC(=O)OC1CCC(c2cc(Nc3ncnc4cnn(C)c34)n[nH]2)C1. The maximum atomic E-state index is 11.9. The fourth-order valence-corrected chi connectivity index (χ4v) is 3.65. The van der Waals surface area contributed by atoms with Gasteiger partial charge in [0, 0.05) is 30.8 Å². The number of carbonyl (C=O) groups excluding carboxylic acids is 1. The number of aromatic amines is 1. The molecule has 0 spiro atoms. The first-order chi connectivity index (χ1) is 14.0. The Balaban J connectivity index is 1.38. The zero-order valence-electron chi connectivity index (χ0n) is 16.8. The Morgan fingerprint density at radius 3 is 3.10 bits per heavy atom. The third kappa shape index (κ3) is 4.15. The van der Waals surface area contributed by atoms with Crippen LogP contribution < -0.4 is 10.6 Å². The van der Waals surface area contributed by atoms with Crippen LogP contribution in [-0.2, 0) is 11.8 Å². The van der Waals surface area contributed by atoms with E-state index in [1.54, 1.807) is 10.9 Å². The van der Waals surface area contributed by atoms with Crippen LogP contribution in [0, 0.1) is 0 Å². The van der Waals surface area contributed by atoms with E-state index in [1.165, 1.54) is 6.33 Å². The van der Waals surface area contributed by atoms with Crippen molar-refractivity contribution in [1.29, 1.82) is 0 Å². The molecule has 4 rings (SSSR count). The summed E-state index contributed by atoms with van der Waals surface area (Å²) in [5.74, 6) is 1.61. The zero-order valence-corrected chi connectivity index (χ0v) is 16.8. The predicted octanol–water partition coefficient (Wildman–Crippen LogP) is 2.99. The molecule has 3 heterocycles. The topological polar surface area (TPSA) is 123 Å². The molecule has 0 radical (unpaired) electrons. The van der Waals surface area contributed by atoms with Crippen molar-refractivity contribution in [2.24, 2.45) is 7.05 Å². The van der Waals surface area contributed by atoms with Gasteiger partial charge in [0.15, 0.2) is 11.6 Å². The van der Waals surface area contributed by atoms with Crippen LogP contribution in [0.15, 0.2) is 18.6 Å². The molecule has 3 N–H and O–H groups in total. The Hall–Kier alpha value is -3.17. The lowest BCUT2D eigenvalue weighted by Crippen LogP contribution is -2.34. The third-order valence-electron chi connectivity index (χ3n) is 5.45. The first-order valence-electron chi connectivity index (χ1n) is 9.95. The van der Waals surface area contributed by atoms with Gasteiger partial charge in [-0.2, -0.15) is 10.2 Å². The molecule has 3 unspecified atom stereocenters. The number of ether oxygens (including phenoxy) is 1. The molecule has 29 heavy (non-hydrogen) atoms. The van der Waals surface area contributed by atoms with Crippen molar-refractivity contribution in [2.45, 2.75) is 57.6 Å². The van der Waals surface area contributed by atoms with E-state index in [0.29, 0.717) is 11.6 Å². The molecule has 0 aromatic carbocycles. The fraction of sp³-hybridized carbons (Fsp3) is 0.526. The molecule has 1 aliphatic rings. The molecule has 0 bridgehead atoms. The van der Waals surface area contributed by atoms with Gasteiger partial charge in [0.2, 0.25) is 0 Å². The number of aromatic nitrogens is 6. The number of H-pyrrole nitrogens is 1. The Labute approximate surface area is 168 Å². The lowest BCUT2D eigenvalue weighted by molar-refractivity contribution is 0.0974. The van der Waals surface area contributed by atoms with Crippen molar-refractivity contribution in [3.05, 3.63) is 24.3 Å². The predicted molar refractivity (Wildman–Crippen MR) is 108 cm³/mol. The molecule has 0 aliphatic heterocycles. The van der Waals surface area contributed by atoms with Crippen LogP contribution in [0.3, 0.4) is 0 Å². The molecular formula is C19H26N8O2. The van der Waals surface area contributed by atoms with Crippen LogP contribution in [0.4, 0.5) is 16.4 Å².